The molecule has 1 heterocycles. The Bertz CT molecular complexity index is 1150. The summed E-state index contributed by atoms with van der Waals surface area (Å²) >= 11 is 0. The molecule has 0 atom stereocenters. The van der Waals surface area contributed by atoms with Gasteiger partial charge in [-0.25, -0.2) is 9.37 Å². The molecule has 0 spiro atoms. The van der Waals surface area contributed by atoms with E-state index in [0.29, 0.717) is 47.3 Å². The molecule has 0 aliphatic heterocycles. The Morgan fingerprint density at radius 1 is 1.17 bits per heavy atom. The van der Waals surface area contributed by atoms with Gasteiger partial charge in [0.25, 0.3) is 5.56 Å². The Kier molecular flexibility index (Phi) is 6.45. The van der Waals surface area contributed by atoms with Crippen LogP contribution in [0.2, 0.25) is 0 Å². The van der Waals surface area contributed by atoms with E-state index < -0.39 is 5.82 Å². The highest BCUT2D eigenvalue weighted by Gasteiger charge is 2.19. The first-order valence-electron chi connectivity index (χ1n) is 9.21. The van der Waals surface area contributed by atoms with Crippen LogP contribution in [0.5, 0.6) is 5.75 Å². The lowest BCUT2D eigenvalue weighted by atomic mass is 9.99. The van der Waals surface area contributed by atoms with E-state index in [1.807, 2.05) is 0 Å². The van der Waals surface area contributed by atoms with Crippen LogP contribution in [0.1, 0.15) is 5.56 Å². The SMILES string of the molecule is CNc1nc(-c2ccc(C#N)c(F)c2)c(-c2ccc(OCCOC)cc2)c(=O)n1C. The molecule has 0 saturated carbocycles. The van der Waals surface area contributed by atoms with Gasteiger partial charge in [0.1, 0.15) is 24.2 Å². The molecule has 3 aromatic rings. The molecule has 3 rings (SSSR count). The van der Waals surface area contributed by atoms with Crippen molar-refractivity contribution in [3.8, 4) is 34.2 Å². The molecule has 1 aromatic heterocycles. The molecule has 2 aromatic carbocycles. The highest BCUT2D eigenvalue weighted by Crippen LogP contribution is 2.31. The Labute approximate surface area is 173 Å². The van der Waals surface area contributed by atoms with E-state index in [1.165, 1.54) is 16.7 Å². The van der Waals surface area contributed by atoms with Gasteiger partial charge in [0.2, 0.25) is 5.95 Å². The number of halogens is 1. The fraction of sp³-hybridized carbons (Fsp3) is 0.227. The van der Waals surface area contributed by atoms with Crippen LogP contribution in [0.15, 0.2) is 47.3 Å². The molecule has 0 amide bonds. The lowest BCUT2D eigenvalue weighted by Crippen LogP contribution is -2.24. The molecule has 0 aliphatic rings. The van der Waals surface area contributed by atoms with E-state index in [2.05, 4.69) is 10.3 Å². The molecule has 154 valence electrons. The number of nitrogens with one attached hydrogen (secondary N) is 1. The van der Waals surface area contributed by atoms with Crippen molar-refractivity contribution >= 4 is 5.95 Å². The van der Waals surface area contributed by atoms with Gasteiger partial charge in [0.15, 0.2) is 0 Å². The molecule has 0 unspecified atom stereocenters. The normalized spacial score (nSPS) is 10.5. The van der Waals surface area contributed by atoms with Gasteiger partial charge >= 0.3 is 0 Å². The standard InChI is InChI=1S/C22H21FN4O3/c1-25-22-26-20(15-4-5-16(13-24)18(23)12-15)19(21(28)27(22)2)14-6-8-17(9-7-14)30-11-10-29-3/h4-9,12H,10-11H2,1-3H3,(H,25,26). The Balaban J connectivity index is 2.14. The van der Waals surface area contributed by atoms with Gasteiger partial charge in [0, 0.05) is 26.8 Å². The highest BCUT2D eigenvalue weighted by molar-refractivity contribution is 5.81. The van der Waals surface area contributed by atoms with Crippen LogP contribution >= 0.6 is 0 Å². The van der Waals surface area contributed by atoms with E-state index in [9.17, 15) is 9.18 Å². The van der Waals surface area contributed by atoms with E-state index in [4.69, 9.17) is 14.7 Å². The van der Waals surface area contributed by atoms with Gasteiger partial charge < -0.3 is 14.8 Å². The molecule has 0 saturated heterocycles. The number of methoxy groups -OCH3 is 1. The maximum atomic E-state index is 14.3. The summed E-state index contributed by atoms with van der Waals surface area (Å²) in [6, 6.07) is 13.0. The molecule has 8 heteroatoms. The summed E-state index contributed by atoms with van der Waals surface area (Å²) in [5, 5.41) is 11.9. The van der Waals surface area contributed by atoms with Gasteiger partial charge in [-0.2, -0.15) is 5.26 Å². The van der Waals surface area contributed by atoms with E-state index >= 15 is 0 Å². The second-order valence-corrected chi connectivity index (χ2v) is 6.45. The first kappa shape index (κ1) is 21.0. The summed E-state index contributed by atoms with van der Waals surface area (Å²) in [6.07, 6.45) is 0. The third-order valence-corrected chi connectivity index (χ3v) is 4.58. The third-order valence-electron chi connectivity index (χ3n) is 4.58. The minimum Gasteiger partial charge on any atom is -0.491 e. The van der Waals surface area contributed by atoms with Crippen LogP contribution in [0.3, 0.4) is 0 Å². The van der Waals surface area contributed by atoms with Crippen LogP contribution in [-0.2, 0) is 11.8 Å². The number of hydrogen-bond donors (Lipinski definition) is 1. The summed E-state index contributed by atoms with van der Waals surface area (Å²) in [5.74, 6) is 0.303. The van der Waals surface area contributed by atoms with Crippen molar-refractivity contribution in [2.24, 2.45) is 7.05 Å². The monoisotopic (exact) mass is 408 g/mol. The smallest absolute Gasteiger partial charge is 0.263 e. The van der Waals surface area contributed by atoms with E-state index in [1.54, 1.807) is 57.6 Å². The Hall–Kier alpha value is -3.70. The first-order valence-corrected chi connectivity index (χ1v) is 9.21. The van der Waals surface area contributed by atoms with Crippen molar-refractivity contribution in [3.63, 3.8) is 0 Å². The predicted octanol–water partition coefficient (Wildman–Crippen LogP) is 3.19. The molecule has 0 aliphatic carbocycles. The first-order chi connectivity index (χ1) is 14.5. The lowest BCUT2D eigenvalue weighted by molar-refractivity contribution is 0.146. The quantitative estimate of drug-likeness (QED) is 0.604. The molecule has 0 radical (unpaired) electrons. The van der Waals surface area contributed by atoms with Crippen molar-refractivity contribution in [2.75, 3.05) is 32.7 Å². The summed E-state index contributed by atoms with van der Waals surface area (Å²) in [4.78, 5) is 17.7. The van der Waals surface area contributed by atoms with E-state index in [0.717, 1.165) is 0 Å². The van der Waals surface area contributed by atoms with E-state index in [-0.39, 0.29) is 11.1 Å². The van der Waals surface area contributed by atoms with Crippen LogP contribution in [0.4, 0.5) is 10.3 Å². The second kappa shape index (κ2) is 9.20. The topological polar surface area (TPSA) is 89.2 Å². The average Bonchev–Trinajstić information content (AvgIpc) is 2.76. The highest BCUT2D eigenvalue weighted by atomic mass is 19.1. The summed E-state index contributed by atoms with van der Waals surface area (Å²) in [5.41, 5.74) is 1.29. The summed E-state index contributed by atoms with van der Waals surface area (Å²) in [6.45, 7) is 0.873. The number of rotatable bonds is 7. The predicted molar refractivity (Wildman–Crippen MR) is 112 cm³/mol. The van der Waals surface area contributed by atoms with Crippen LogP contribution in [-0.4, -0.2) is 36.9 Å². The van der Waals surface area contributed by atoms with Gasteiger partial charge in [0.05, 0.1) is 23.4 Å². The minimum atomic E-state index is -0.670. The number of aromatic nitrogens is 2. The van der Waals surface area contributed by atoms with Crippen LogP contribution < -0.4 is 15.6 Å². The van der Waals surface area contributed by atoms with Gasteiger partial charge in [-0.05, 0) is 29.8 Å². The molecule has 0 bridgehead atoms. The van der Waals surface area contributed by atoms with Crippen LogP contribution in [0, 0.1) is 17.1 Å². The average molecular weight is 408 g/mol. The maximum absolute atomic E-state index is 14.3. The number of ether oxygens (including phenoxy) is 2. The number of anilines is 1. The molecule has 30 heavy (non-hydrogen) atoms. The third kappa shape index (κ3) is 4.16. The fourth-order valence-corrected chi connectivity index (χ4v) is 3.01. The number of nitriles is 1. The maximum Gasteiger partial charge on any atom is 0.263 e. The Morgan fingerprint density at radius 3 is 2.47 bits per heavy atom. The Morgan fingerprint density at radius 2 is 1.87 bits per heavy atom. The zero-order valence-corrected chi connectivity index (χ0v) is 16.9. The van der Waals surface area contributed by atoms with Gasteiger partial charge in [-0.1, -0.05) is 18.2 Å². The summed E-state index contributed by atoms with van der Waals surface area (Å²) in [7, 11) is 4.85. The van der Waals surface area contributed by atoms with Crippen molar-refractivity contribution in [3.05, 3.63) is 64.2 Å². The number of nitrogens with zero attached hydrogens (tertiary/aromatic N) is 3. The van der Waals surface area contributed by atoms with Crippen molar-refractivity contribution in [1.82, 2.24) is 9.55 Å². The second-order valence-electron chi connectivity index (χ2n) is 6.45. The minimum absolute atomic E-state index is 0.0736. The lowest BCUT2D eigenvalue weighted by Gasteiger charge is -2.15. The molecular formula is C22H21FN4O3. The largest absolute Gasteiger partial charge is 0.491 e. The van der Waals surface area contributed by atoms with Crippen LogP contribution in [0.25, 0.3) is 22.4 Å². The molecule has 7 nitrogen and oxygen atoms in total. The van der Waals surface area contributed by atoms with Crippen molar-refractivity contribution in [2.45, 2.75) is 0 Å². The van der Waals surface area contributed by atoms with Crippen molar-refractivity contribution in [1.29, 1.82) is 5.26 Å². The van der Waals surface area contributed by atoms with Gasteiger partial charge in [-0.15, -0.1) is 0 Å². The molecule has 0 fully saturated rings. The zero-order valence-electron chi connectivity index (χ0n) is 16.9. The number of benzene rings is 2. The summed E-state index contributed by atoms with van der Waals surface area (Å²) < 4.78 is 26.2. The molecule has 1 N–H and O–H groups in total. The zero-order chi connectivity index (χ0) is 21.7. The van der Waals surface area contributed by atoms with Crippen molar-refractivity contribution < 1.29 is 13.9 Å². The van der Waals surface area contributed by atoms with Gasteiger partial charge in [-0.3, -0.25) is 9.36 Å². The molecular weight excluding hydrogens is 387 g/mol. The number of hydrogen-bond acceptors (Lipinski definition) is 6. The fourth-order valence-electron chi connectivity index (χ4n) is 3.01.